The molecule has 0 aromatic heterocycles. The van der Waals surface area contributed by atoms with E-state index in [4.69, 9.17) is 5.11 Å². The zero-order valence-corrected chi connectivity index (χ0v) is 6.50. The predicted octanol–water partition coefficient (Wildman–Crippen LogP) is 0.576. The van der Waals surface area contributed by atoms with Gasteiger partial charge in [-0.25, -0.2) is 0 Å². The van der Waals surface area contributed by atoms with Crippen LogP contribution in [0.2, 0.25) is 0 Å². The van der Waals surface area contributed by atoms with Crippen molar-refractivity contribution in [2.24, 2.45) is 0 Å². The van der Waals surface area contributed by atoms with Gasteiger partial charge in [0.25, 0.3) is 0 Å². The number of carboxylic acid groups (broad SMARTS) is 1. The maximum atomic E-state index is 10.5. The van der Waals surface area contributed by atoms with Gasteiger partial charge < -0.3 is 16.0 Å². The number of carbonyl (C=O) groups is 2. The number of ether oxygens (including phenoxy) is 1. The Balaban J connectivity index is 0. The summed E-state index contributed by atoms with van der Waals surface area (Å²) in [6.07, 6.45) is -0.192. The summed E-state index contributed by atoms with van der Waals surface area (Å²) in [6, 6.07) is 0. The molecule has 5 heteroatoms. The molecule has 0 fully saturated rings. The lowest BCUT2D eigenvalue weighted by atomic mass is 10.3. The second kappa shape index (κ2) is 7.01. The number of hydrogen-bond donors (Lipinski definition) is 2. The molecule has 0 atom stereocenters. The minimum Gasteiger partial charge on any atom is -0.481 e. The highest BCUT2D eigenvalue weighted by molar-refractivity contribution is 5.76. The largest absolute Gasteiger partial charge is 0.481 e. The molecule has 66 valence electrons. The highest BCUT2D eigenvalue weighted by Crippen LogP contribution is 1.91. The van der Waals surface area contributed by atoms with Gasteiger partial charge in [-0.1, -0.05) is 0 Å². The van der Waals surface area contributed by atoms with Gasteiger partial charge in [-0.2, -0.15) is 0 Å². The fourth-order valence-electron chi connectivity index (χ4n) is 0.442. The van der Waals surface area contributed by atoms with Crippen molar-refractivity contribution < 1.29 is 19.4 Å². The topological polar surface area (TPSA) is 98.6 Å². The summed E-state index contributed by atoms with van der Waals surface area (Å²) >= 11 is 0. The van der Waals surface area contributed by atoms with Crippen LogP contribution in [0.5, 0.6) is 0 Å². The quantitative estimate of drug-likeness (QED) is 0.590. The number of rotatable bonds is 4. The van der Waals surface area contributed by atoms with Gasteiger partial charge in [0.05, 0.1) is 19.4 Å². The standard InChI is InChI=1S/C6H10O4.H3N/c1-2-10-6(9)4-3-5(7)8;/h2-4H2,1H3,(H,7,8);1H3. The zero-order valence-electron chi connectivity index (χ0n) is 6.50. The summed E-state index contributed by atoms with van der Waals surface area (Å²) in [5, 5.41) is 8.12. The van der Waals surface area contributed by atoms with E-state index < -0.39 is 11.9 Å². The number of hydrogen-bond acceptors (Lipinski definition) is 4. The van der Waals surface area contributed by atoms with Crippen molar-refractivity contribution in [3.63, 3.8) is 0 Å². The van der Waals surface area contributed by atoms with Crippen molar-refractivity contribution in [1.29, 1.82) is 0 Å². The third kappa shape index (κ3) is 8.90. The van der Waals surface area contributed by atoms with Gasteiger partial charge in [-0.3, -0.25) is 9.59 Å². The lowest BCUT2D eigenvalue weighted by molar-refractivity contribution is -0.147. The molecule has 0 rings (SSSR count). The van der Waals surface area contributed by atoms with Gasteiger partial charge in [-0.15, -0.1) is 0 Å². The van der Waals surface area contributed by atoms with E-state index in [1.54, 1.807) is 6.92 Å². The van der Waals surface area contributed by atoms with E-state index in [1.165, 1.54) is 0 Å². The molecule has 11 heavy (non-hydrogen) atoms. The molecule has 0 aliphatic heterocycles. The number of carboxylic acids is 1. The fraction of sp³-hybridized carbons (Fsp3) is 0.667. The first-order valence-electron chi connectivity index (χ1n) is 3.04. The molecule has 0 saturated carbocycles. The van der Waals surface area contributed by atoms with Crippen molar-refractivity contribution in [1.82, 2.24) is 6.15 Å². The van der Waals surface area contributed by atoms with Gasteiger partial charge in [0.15, 0.2) is 0 Å². The number of carbonyl (C=O) groups excluding carboxylic acids is 1. The molecule has 0 unspecified atom stereocenters. The van der Waals surface area contributed by atoms with Crippen LogP contribution in [0.3, 0.4) is 0 Å². The summed E-state index contributed by atoms with van der Waals surface area (Å²) in [5.41, 5.74) is 0. The lowest BCUT2D eigenvalue weighted by Gasteiger charge is -1.97. The van der Waals surface area contributed by atoms with E-state index in [9.17, 15) is 9.59 Å². The third-order valence-electron chi connectivity index (χ3n) is 0.848. The number of esters is 1. The average Bonchev–Trinajstić information content (AvgIpc) is 1.85. The molecule has 0 aliphatic rings. The summed E-state index contributed by atoms with van der Waals surface area (Å²) in [4.78, 5) is 20.4. The first-order valence-corrected chi connectivity index (χ1v) is 3.04. The second-order valence-electron chi connectivity index (χ2n) is 1.70. The Hall–Kier alpha value is -1.10. The average molecular weight is 163 g/mol. The first-order chi connectivity index (χ1) is 4.66. The molecule has 0 radical (unpaired) electrons. The molecule has 0 amide bonds. The Morgan fingerprint density at radius 2 is 1.91 bits per heavy atom. The van der Waals surface area contributed by atoms with Crippen LogP contribution in [-0.4, -0.2) is 23.7 Å². The summed E-state index contributed by atoms with van der Waals surface area (Å²) < 4.78 is 4.49. The molecule has 0 bridgehead atoms. The molecule has 0 aliphatic carbocycles. The van der Waals surface area contributed by atoms with E-state index in [1.807, 2.05) is 0 Å². The second-order valence-corrected chi connectivity index (χ2v) is 1.70. The van der Waals surface area contributed by atoms with Gasteiger partial charge >= 0.3 is 11.9 Å². The molecule has 0 spiro atoms. The van der Waals surface area contributed by atoms with Crippen LogP contribution >= 0.6 is 0 Å². The Morgan fingerprint density at radius 3 is 2.27 bits per heavy atom. The normalized spacial score (nSPS) is 8.09. The van der Waals surface area contributed by atoms with Gasteiger partial charge in [0.2, 0.25) is 0 Å². The zero-order chi connectivity index (χ0) is 7.98. The van der Waals surface area contributed by atoms with Crippen molar-refractivity contribution in [3.8, 4) is 0 Å². The van der Waals surface area contributed by atoms with Gasteiger partial charge in [0.1, 0.15) is 0 Å². The SMILES string of the molecule is CCOC(=O)CCC(=O)O.N. The lowest BCUT2D eigenvalue weighted by Crippen LogP contribution is -2.06. The maximum Gasteiger partial charge on any atom is 0.306 e. The molecule has 0 aromatic rings. The number of aliphatic carboxylic acids is 1. The molecule has 0 aromatic carbocycles. The summed E-state index contributed by atoms with van der Waals surface area (Å²) in [7, 11) is 0. The van der Waals surface area contributed by atoms with E-state index >= 15 is 0 Å². The van der Waals surface area contributed by atoms with E-state index in [0.717, 1.165) is 0 Å². The smallest absolute Gasteiger partial charge is 0.306 e. The van der Waals surface area contributed by atoms with Crippen molar-refractivity contribution in [2.75, 3.05) is 6.61 Å². The van der Waals surface area contributed by atoms with Crippen molar-refractivity contribution in [2.45, 2.75) is 19.8 Å². The van der Waals surface area contributed by atoms with Crippen molar-refractivity contribution >= 4 is 11.9 Å². The van der Waals surface area contributed by atoms with Crippen LogP contribution in [-0.2, 0) is 14.3 Å². The van der Waals surface area contributed by atoms with Crippen LogP contribution in [0.25, 0.3) is 0 Å². The Kier molecular flexibility index (Phi) is 8.01. The highest BCUT2D eigenvalue weighted by Gasteiger charge is 2.04. The molecule has 0 heterocycles. The minimum absolute atomic E-state index is 0. The van der Waals surface area contributed by atoms with E-state index in [2.05, 4.69) is 4.74 Å². The highest BCUT2D eigenvalue weighted by atomic mass is 16.5. The van der Waals surface area contributed by atoms with Crippen LogP contribution in [0.4, 0.5) is 0 Å². The van der Waals surface area contributed by atoms with E-state index in [-0.39, 0.29) is 19.0 Å². The summed E-state index contributed by atoms with van der Waals surface area (Å²) in [5.74, 6) is -1.43. The fourth-order valence-corrected chi connectivity index (χ4v) is 0.442. The Bertz CT molecular complexity index is 135. The Labute approximate surface area is 64.9 Å². The summed E-state index contributed by atoms with van der Waals surface area (Å²) in [6.45, 7) is 1.98. The molecule has 4 N–H and O–H groups in total. The molecular weight excluding hydrogens is 150 g/mol. The predicted molar refractivity (Wildman–Crippen MR) is 38.5 cm³/mol. The van der Waals surface area contributed by atoms with Gasteiger partial charge in [-0.05, 0) is 6.92 Å². The monoisotopic (exact) mass is 163 g/mol. The van der Waals surface area contributed by atoms with Crippen LogP contribution in [0.1, 0.15) is 19.8 Å². The maximum absolute atomic E-state index is 10.5. The van der Waals surface area contributed by atoms with Gasteiger partial charge in [0, 0.05) is 0 Å². The molecule has 0 saturated heterocycles. The first kappa shape index (κ1) is 12.6. The van der Waals surface area contributed by atoms with Crippen LogP contribution < -0.4 is 6.15 Å². The Morgan fingerprint density at radius 1 is 1.36 bits per heavy atom. The third-order valence-corrected chi connectivity index (χ3v) is 0.848. The van der Waals surface area contributed by atoms with E-state index in [0.29, 0.717) is 6.61 Å². The minimum atomic E-state index is -0.979. The van der Waals surface area contributed by atoms with Crippen LogP contribution in [0, 0.1) is 0 Å². The molecular formula is C6H13NO4. The van der Waals surface area contributed by atoms with Crippen LogP contribution in [0.15, 0.2) is 0 Å². The molecule has 5 nitrogen and oxygen atoms in total. The van der Waals surface area contributed by atoms with Crippen molar-refractivity contribution in [3.05, 3.63) is 0 Å².